The Bertz CT molecular complexity index is 1920. The van der Waals surface area contributed by atoms with Crippen molar-refractivity contribution in [2.24, 2.45) is 17.3 Å². The number of aryl methyl sites for hydroxylation is 2. The third-order valence-electron chi connectivity index (χ3n) is 12.6. The lowest BCUT2D eigenvalue weighted by atomic mass is 9.84. The molecule has 3 fully saturated rings. The van der Waals surface area contributed by atoms with Crippen LogP contribution in [0, 0.1) is 17.3 Å². The van der Waals surface area contributed by atoms with Gasteiger partial charge in [0.15, 0.2) is 0 Å². The highest BCUT2D eigenvalue weighted by Gasteiger charge is 2.41. The molecule has 0 unspecified atom stereocenters. The van der Waals surface area contributed by atoms with Crippen molar-refractivity contribution in [2.75, 3.05) is 58.4 Å². The molecule has 1 aliphatic carbocycles. The zero-order valence-corrected chi connectivity index (χ0v) is 34.7. The first-order valence-corrected chi connectivity index (χ1v) is 21.0. The van der Waals surface area contributed by atoms with Crippen molar-refractivity contribution in [3.8, 4) is 11.3 Å². The summed E-state index contributed by atoms with van der Waals surface area (Å²) in [5, 5.41) is 5.84. The Labute approximate surface area is 332 Å². The maximum Gasteiger partial charge on any atom is 0.324 e. The number of rotatable bonds is 7. The maximum atomic E-state index is 13.9. The van der Waals surface area contributed by atoms with Gasteiger partial charge < -0.3 is 29.2 Å². The molecule has 5 atom stereocenters. The molecule has 0 radical (unpaired) electrons. The van der Waals surface area contributed by atoms with Gasteiger partial charge in [0.05, 0.1) is 36.0 Å². The zero-order chi connectivity index (χ0) is 39.7. The molecule has 2 amide bonds. The molecular weight excluding hydrogens is 707 g/mol. The van der Waals surface area contributed by atoms with E-state index in [0.717, 1.165) is 81.0 Å². The second kappa shape index (κ2) is 16.8. The van der Waals surface area contributed by atoms with Crippen molar-refractivity contribution in [1.29, 1.82) is 0 Å². The predicted molar refractivity (Wildman–Crippen MR) is 219 cm³/mol. The van der Waals surface area contributed by atoms with Crippen LogP contribution in [-0.2, 0) is 43.2 Å². The second-order valence-corrected chi connectivity index (χ2v) is 17.6. The van der Waals surface area contributed by atoms with Gasteiger partial charge in [-0.05, 0) is 101 Å². The van der Waals surface area contributed by atoms with E-state index in [0.29, 0.717) is 38.1 Å². The third kappa shape index (κ3) is 8.62. The Morgan fingerprint density at radius 2 is 1.86 bits per heavy atom. The van der Waals surface area contributed by atoms with Crippen LogP contribution in [0.25, 0.3) is 22.2 Å². The molecule has 4 aliphatic rings. The van der Waals surface area contributed by atoms with Crippen molar-refractivity contribution in [3.63, 3.8) is 0 Å². The molecule has 1 saturated carbocycles. The number of hydrogen-bond donors (Lipinski definition) is 2. The molecule has 3 aliphatic heterocycles. The van der Waals surface area contributed by atoms with E-state index in [-0.39, 0.29) is 36.4 Å². The average molecular weight is 770 g/mol. The third-order valence-corrected chi connectivity index (χ3v) is 12.6. The highest BCUT2D eigenvalue weighted by atomic mass is 16.5. The van der Waals surface area contributed by atoms with Crippen LogP contribution in [-0.4, -0.2) is 103 Å². The summed E-state index contributed by atoms with van der Waals surface area (Å²) in [6.45, 7) is 16.0. The molecule has 304 valence electrons. The number of esters is 1. The number of ether oxygens (including phenoxy) is 2. The molecule has 12 heteroatoms. The molecule has 4 bridgehead atoms. The Kier molecular flexibility index (Phi) is 12.1. The van der Waals surface area contributed by atoms with Crippen molar-refractivity contribution in [1.82, 2.24) is 30.2 Å². The van der Waals surface area contributed by atoms with Crippen LogP contribution in [0.1, 0.15) is 96.1 Å². The van der Waals surface area contributed by atoms with E-state index < -0.39 is 17.5 Å². The number of anilines is 1. The number of piperazine rings is 1. The topological polar surface area (TPSA) is 121 Å². The molecule has 0 spiro atoms. The number of nitrogens with zero attached hydrogens (tertiary/aromatic N) is 5. The van der Waals surface area contributed by atoms with Gasteiger partial charge in [0.1, 0.15) is 12.1 Å². The number of nitrogens with one attached hydrogen (secondary N) is 2. The number of carbonyl (C=O) groups excluding carboxylic acids is 3. The summed E-state index contributed by atoms with van der Waals surface area (Å²) >= 11 is 0. The lowest BCUT2D eigenvalue weighted by molar-refractivity contribution is -0.155. The number of cyclic esters (lactones) is 1. The number of pyridine rings is 1. The van der Waals surface area contributed by atoms with E-state index in [9.17, 15) is 14.4 Å². The summed E-state index contributed by atoms with van der Waals surface area (Å²) in [7, 11) is 3.91. The Morgan fingerprint density at radius 3 is 2.57 bits per heavy atom. The maximum absolute atomic E-state index is 13.9. The smallest absolute Gasteiger partial charge is 0.324 e. The number of fused-ring (bicyclic) bond motifs is 3. The number of hydrazine groups is 1. The number of hydrogen-bond acceptors (Lipinski definition) is 9. The summed E-state index contributed by atoms with van der Waals surface area (Å²) in [6, 6.07) is 7.88. The zero-order valence-electron chi connectivity index (χ0n) is 34.7. The molecule has 12 nitrogen and oxygen atoms in total. The van der Waals surface area contributed by atoms with Gasteiger partial charge in [-0.2, -0.15) is 0 Å². The number of benzene rings is 1. The largest absolute Gasteiger partial charge is 0.464 e. The molecule has 2 saturated heterocycles. The minimum absolute atomic E-state index is 0.0312. The van der Waals surface area contributed by atoms with Gasteiger partial charge in [-0.15, -0.1) is 0 Å². The molecule has 2 N–H and O–H groups in total. The van der Waals surface area contributed by atoms with Crippen LogP contribution in [0.5, 0.6) is 0 Å². The summed E-state index contributed by atoms with van der Waals surface area (Å²) in [5.74, 6) is -0.275. The summed E-state index contributed by atoms with van der Waals surface area (Å²) in [5.41, 5.74) is 10.6. The van der Waals surface area contributed by atoms with Gasteiger partial charge in [0.25, 0.3) is 5.91 Å². The molecule has 5 heterocycles. The van der Waals surface area contributed by atoms with Gasteiger partial charge in [-0.3, -0.25) is 24.4 Å². The van der Waals surface area contributed by atoms with Crippen molar-refractivity contribution in [3.05, 3.63) is 47.3 Å². The van der Waals surface area contributed by atoms with Crippen LogP contribution in [0.3, 0.4) is 0 Å². The summed E-state index contributed by atoms with van der Waals surface area (Å²) in [4.78, 5) is 50.7. The van der Waals surface area contributed by atoms with E-state index >= 15 is 0 Å². The predicted octanol–water partition coefficient (Wildman–Crippen LogP) is 5.66. The molecule has 3 aromatic rings. The van der Waals surface area contributed by atoms with Gasteiger partial charge in [-0.1, -0.05) is 33.3 Å². The van der Waals surface area contributed by atoms with Crippen LogP contribution in [0.15, 0.2) is 30.5 Å². The normalized spacial score (nSPS) is 25.8. The van der Waals surface area contributed by atoms with E-state index in [1.54, 1.807) is 12.1 Å². The van der Waals surface area contributed by atoms with Crippen molar-refractivity contribution < 1.29 is 23.9 Å². The van der Waals surface area contributed by atoms with E-state index in [1.807, 2.05) is 6.20 Å². The number of aromatic nitrogens is 2. The lowest BCUT2D eigenvalue weighted by Crippen LogP contribution is -2.60. The Hall–Kier alpha value is -4.00. The number of carbonyl (C=O) groups is 3. The fourth-order valence-corrected chi connectivity index (χ4v) is 8.87. The fourth-order valence-electron chi connectivity index (χ4n) is 8.87. The monoisotopic (exact) mass is 769 g/mol. The first kappa shape index (κ1) is 40.2. The highest BCUT2D eigenvalue weighted by Crippen LogP contribution is 2.42. The Morgan fingerprint density at radius 1 is 1.09 bits per heavy atom. The summed E-state index contributed by atoms with van der Waals surface area (Å²) < 4.78 is 14.5. The van der Waals surface area contributed by atoms with Gasteiger partial charge in [0, 0.05) is 74.2 Å². The number of likely N-dealkylation sites (N-methyl/N-ethyl adjacent to an activating group) is 1. The molecular formula is C44H63N7O5. The second-order valence-electron chi connectivity index (χ2n) is 17.6. The fraction of sp³-hybridized carbons (Fsp3) is 0.636. The Balaban J connectivity index is 1.29. The van der Waals surface area contributed by atoms with Crippen LogP contribution in [0.4, 0.5) is 5.69 Å². The first-order valence-electron chi connectivity index (χ1n) is 21.0. The summed E-state index contributed by atoms with van der Waals surface area (Å²) in [6.07, 6.45) is 7.61. The minimum atomic E-state index is -0.649. The SMILES string of the molecule is CCn1c(-c2cc(N3CCN(C)CC3)cnc2[C@H](C)OC)c2c3cc(ccc31)CCCC[C@H](NC(=O)[C@H]1C[C@@H]1C)C(=O)N1CCC[C@H](N1)C(=O)OCC(C)(C)C2. The van der Waals surface area contributed by atoms with Crippen LogP contribution in [0.2, 0.25) is 0 Å². The molecule has 56 heavy (non-hydrogen) atoms. The lowest BCUT2D eigenvalue weighted by Gasteiger charge is -2.35. The number of methoxy groups -OCH3 is 1. The van der Waals surface area contributed by atoms with Crippen LogP contribution < -0.4 is 15.6 Å². The van der Waals surface area contributed by atoms with E-state index in [1.165, 1.54) is 22.0 Å². The quantitative estimate of drug-likeness (QED) is 0.294. The molecule has 1 aromatic carbocycles. The van der Waals surface area contributed by atoms with E-state index in [4.69, 9.17) is 14.5 Å². The van der Waals surface area contributed by atoms with Crippen LogP contribution >= 0.6 is 0 Å². The molecule has 7 rings (SSSR count). The minimum Gasteiger partial charge on any atom is -0.464 e. The van der Waals surface area contributed by atoms with Gasteiger partial charge in [-0.25, -0.2) is 5.43 Å². The van der Waals surface area contributed by atoms with Gasteiger partial charge in [0.2, 0.25) is 5.91 Å². The molecule has 2 aromatic heterocycles. The van der Waals surface area contributed by atoms with Gasteiger partial charge >= 0.3 is 5.97 Å². The van der Waals surface area contributed by atoms with Crippen molar-refractivity contribution in [2.45, 2.75) is 111 Å². The number of amides is 2. The first-order chi connectivity index (χ1) is 26.9. The average Bonchev–Trinajstić information content (AvgIpc) is 3.87. The highest BCUT2D eigenvalue weighted by molar-refractivity contribution is 5.94. The van der Waals surface area contributed by atoms with E-state index in [2.05, 4.69) is 91.0 Å². The standard InChI is InChI=1S/C44H63N7O5/c1-8-50-38-16-15-30-12-9-10-13-36(46-41(52)32-22-28(32)2)42(53)51-17-11-14-37(47-51)43(54)56-27-44(4,5)25-35(33(38)23-30)40(50)34-24-31(26-45-39(34)29(3)55-7)49-20-18-48(6)19-21-49/h15-16,23-24,26,28-29,32,36-37,47H,8-14,17-22,25,27H2,1-7H3,(H,46,52)/t28-,29-,32-,36-,37-/m0/s1. The van der Waals surface area contributed by atoms with Crippen molar-refractivity contribution >= 4 is 34.4 Å².